The number of likely N-dealkylation sites (N-methyl/N-ethyl adjacent to an activating group) is 1. The topological polar surface area (TPSA) is 24.9 Å². The molecule has 1 aromatic heterocycles. The van der Waals surface area contributed by atoms with Gasteiger partial charge in [0.15, 0.2) is 0 Å². The van der Waals surface area contributed by atoms with Crippen molar-refractivity contribution in [3.8, 4) is 0 Å². The summed E-state index contributed by atoms with van der Waals surface area (Å²) < 4.78 is 1.16. The third kappa shape index (κ3) is 3.18. The maximum Gasteiger partial charge on any atom is 0.0374 e. The lowest BCUT2D eigenvalue weighted by Gasteiger charge is -2.17. The molecule has 0 aliphatic rings. The molecule has 1 N–H and O–H groups in total. The molecule has 2 nitrogen and oxygen atoms in total. The predicted octanol–water partition coefficient (Wildman–Crippen LogP) is 3.66. The molecule has 2 rings (SSSR count). The Hall–Kier alpha value is -1.19. The normalized spacial score (nSPS) is 12.4. The van der Waals surface area contributed by atoms with Crippen LogP contribution in [-0.4, -0.2) is 12.0 Å². The van der Waals surface area contributed by atoms with Gasteiger partial charge in [-0.25, -0.2) is 0 Å². The Kier molecular flexibility index (Phi) is 4.50. The van der Waals surface area contributed by atoms with Gasteiger partial charge in [0.1, 0.15) is 0 Å². The molecule has 1 aromatic carbocycles. The van der Waals surface area contributed by atoms with Crippen LogP contribution in [0.4, 0.5) is 0 Å². The van der Waals surface area contributed by atoms with Gasteiger partial charge in [0.25, 0.3) is 0 Å². The zero-order chi connectivity index (χ0) is 13.0. The second-order valence-corrected chi connectivity index (χ2v) is 5.22. The molecule has 0 saturated heterocycles. The summed E-state index contributed by atoms with van der Waals surface area (Å²) in [5, 5.41) is 3.35. The molecule has 0 spiro atoms. The van der Waals surface area contributed by atoms with Crippen molar-refractivity contribution in [2.75, 3.05) is 7.05 Å². The summed E-state index contributed by atoms with van der Waals surface area (Å²) in [5.41, 5.74) is 3.57. The molecule has 1 unspecified atom stereocenters. The number of pyridine rings is 1. The molecule has 3 heteroatoms. The summed E-state index contributed by atoms with van der Waals surface area (Å²) in [4.78, 5) is 4.36. The molecule has 18 heavy (non-hydrogen) atoms. The first-order valence-corrected chi connectivity index (χ1v) is 6.83. The third-order valence-corrected chi connectivity index (χ3v) is 3.84. The quantitative estimate of drug-likeness (QED) is 0.932. The monoisotopic (exact) mass is 304 g/mol. The summed E-state index contributed by atoms with van der Waals surface area (Å²) in [6.07, 6.45) is 2.90. The largest absolute Gasteiger partial charge is 0.313 e. The summed E-state index contributed by atoms with van der Waals surface area (Å²) in [6, 6.07) is 12.8. The maximum absolute atomic E-state index is 4.36. The van der Waals surface area contributed by atoms with E-state index in [9.17, 15) is 0 Å². The van der Waals surface area contributed by atoms with Crippen molar-refractivity contribution >= 4 is 15.9 Å². The predicted molar refractivity (Wildman–Crippen MR) is 78.6 cm³/mol. The molecule has 0 fully saturated rings. The molecule has 0 aliphatic carbocycles. The first-order valence-electron chi connectivity index (χ1n) is 6.04. The number of benzene rings is 1. The smallest absolute Gasteiger partial charge is 0.0374 e. The lowest BCUT2D eigenvalue weighted by Crippen LogP contribution is -2.19. The van der Waals surface area contributed by atoms with Gasteiger partial charge < -0.3 is 5.32 Å². The van der Waals surface area contributed by atoms with E-state index in [2.05, 4.69) is 56.6 Å². The second-order valence-electron chi connectivity index (χ2n) is 4.37. The SMILES string of the molecule is CNC(Cc1ccccc1Br)c1ccc(C)nc1. The Morgan fingerprint density at radius 3 is 2.61 bits per heavy atom. The highest BCUT2D eigenvalue weighted by atomic mass is 79.9. The van der Waals surface area contributed by atoms with Crippen LogP contribution in [0.5, 0.6) is 0 Å². The van der Waals surface area contributed by atoms with Crippen molar-refractivity contribution in [1.29, 1.82) is 0 Å². The average molecular weight is 305 g/mol. The average Bonchev–Trinajstić information content (AvgIpc) is 2.39. The summed E-state index contributed by atoms with van der Waals surface area (Å²) >= 11 is 3.59. The fourth-order valence-electron chi connectivity index (χ4n) is 1.96. The highest BCUT2D eigenvalue weighted by molar-refractivity contribution is 9.10. The van der Waals surface area contributed by atoms with Gasteiger partial charge in [-0.3, -0.25) is 4.98 Å². The number of rotatable bonds is 4. The van der Waals surface area contributed by atoms with Crippen LogP contribution in [0.15, 0.2) is 47.1 Å². The first-order chi connectivity index (χ1) is 8.70. The van der Waals surface area contributed by atoms with Gasteiger partial charge in [-0.2, -0.15) is 0 Å². The minimum absolute atomic E-state index is 0.289. The molecule has 94 valence electrons. The van der Waals surface area contributed by atoms with E-state index < -0.39 is 0 Å². The van der Waals surface area contributed by atoms with Crippen LogP contribution in [-0.2, 0) is 6.42 Å². The fraction of sp³-hybridized carbons (Fsp3) is 0.267. The van der Waals surface area contributed by atoms with Crippen LogP contribution < -0.4 is 5.32 Å². The highest BCUT2D eigenvalue weighted by Crippen LogP contribution is 2.23. The number of hydrogen-bond donors (Lipinski definition) is 1. The van der Waals surface area contributed by atoms with E-state index in [1.165, 1.54) is 11.1 Å². The number of aromatic nitrogens is 1. The van der Waals surface area contributed by atoms with E-state index in [-0.39, 0.29) is 6.04 Å². The molecule has 0 amide bonds. The molecular weight excluding hydrogens is 288 g/mol. The molecule has 0 bridgehead atoms. The minimum Gasteiger partial charge on any atom is -0.313 e. The van der Waals surface area contributed by atoms with E-state index in [1.54, 1.807) is 0 Å². The van der Waals surface area contributed by atoms with Crippen LogP contribution in [0.25, 0.3) is 0 Å². The van der Waals surface area contributed by atoms with Crippen molar-refractivity contribution in [2.45, 2.75) is 19.4 Å². The Morgan fingerprint density at radius 2 is 2.00 bits per heavy atom. The summed E-state index contributed by atoms with van der Waals surface area (Å²) in [5.74, 6) is 0. The van der Waals surface area contributed by atoms with Gasteiger partial charge in [-0.1, -0.05) is 40.2 Å². The third-order valence-electron chi connectivity index (χ3n) is 3.07. The minimum atomic E-state index is 0.289. The fourth-order valence-corrected chi connectivity index (χ4v) is 2.40. The van der Waals surface area contributed by atoms with Gasteiger partial charge in [-0.05, 0) is 43.7 Å². The van der Waals surface area contributed by atoms with Crippen LogP contribution in [0.3, 0.4) is 0 Å². The molecule has 1 heterocycles. The lowest BCUT2D eigenvalue weighted by atomic mass is 10.0. The molecular formula is C15H17BrN2. The van der Waals surface area contributed by atoms with Gasteiger partial charge in [0, 0.05) is 22.4 Å². The lowest BCUT2D eigenvalue weighted by molar-refractivity contribution is 0.588. The maximum atomic E-state index is 4.36. The van der Waals surface area contributed by atoms with E-state index >= 15 is 0 Å². The number of nitrogens with one attached hydrogen (secondary N) is 1. The van der Waals surface area contributed by atoms with Gasteiger partial charge in [-0.15, -0.1) is 0 Å². The van der Waals surface area contributed by atoms with Crippen molar-refractivity contribution in [3.63, 3.8) is 0 Å². The molecule has 0 saturated carbocycles. The molecule has 1 atom stereocenters. The molecule has 0 radical (unpaired) electrons. The number of nitrogens with zero attached hydrogens (tertiary/aromatic N) is 1. The van der Waals surface area contributed by atoms with E-state index in [0.29, 0.717) is 0 Å². The zero-order valence-corrected chi connectivity index (χ0v) is 12.2. The van der Waals surface area contributed by atoms with Crippen LogP contribution in [0.1, 0.15) is 22.9 Å². The summed E-state index contributed by atoms with van der Waals surface area (Å²) in [6.45, 7) is 2.01. The molecule has 2 aromatic rings. The van der Waals surface area contributed by atoms with Crippen molar-refractivity contribution in [1.82, 2.24) is 10.3 Å². The van der Waals surface area contributed by atoms with Crippen molar-refractivity contribution in [2.24, 2.45) is 0 Å². The highest BCUT2D eigenvalue weighted by Gasteiger charge is 2.11. The number of halogens is 1. The van der Waals surface area contributed by atoms with E-state index in [1.807, 2.05) is 26.2 Å². The van der Waals surface area contributed by atoms with Gasteiger partial charge >= 0.3 is 0 Å². The Bertz CT molecular complexity index is 508. The van der Waals surface area contributed by atoms with Crippen LogP contribution in [0.2, 0.25) is 0 Å². The first kappa shape index (κ1) is 13.2. The second kappa shape index (κ2) is 6.12. The van der Waals surface area contributed by atoms with Gasteiger partial charge in [0.2, 0.25) is 0 Å². The number of hydrogen-bond acceptors (Lipinski definition) is 2. The zero-order valence-electron chi connectivity index (χ0n) is 10.7. The Labute approximate surface area is 117 Å². The van der Waals surface area contributed by atoms with Gasteiger partial charge in [0.05, 0.1) is 0 Å². The molecule has 0 aliphatic heterocycles. The van der Waals surface area contributed by atoms with E-state index in [4.69, 9.17) is 0 Å². The van der Waals surface area contributed by atoms with Crippen LogP contribution >= 0.6 is 15.9 Å². The Balaban J connectivity index is 2.20. The number of aryl methyl sites for hydroxylation is 1. The standard InChI is InChI=1S/C15H17BrN2/c1-11-7-8-13(10-18-11)15(17-2)9-12-5-3-4-6-14(12)16/h3-8,10,15,17H,9H2,1-2H3. The van der Waals surface area contributed by atoms with Crippen LogP contribution in [0, 0.1) is 6.92 Å². The van der Waals surface area contributed by atoms with Crippen molar-refractivity contribution < 1.29 is 0 Å². The van der Waals surface area contributed by atoms with E-state index in [0.717, 1.165) is 16.6 Å². The summed E-state index contributed by atoms with van der Waals surface area (Å²) in [7, 11) is 1.99. The Morgan fingerprint density at radius 1 is 1.22 bits per heavy atom. The van der Waals surface area contributed by atoms with Crippen molar-refractivity contribution in [3.05, 3.63) is 63.9 Å².